The van der Waals surface area contributed by atoms with E-state index >= 15 is 0 Å². The lowest BCUT2D eigenvalue weighted by atomic mass is 9.92. The Balaban J connectivity index is 2.09. The van der Waals surface area contributed by atoms with E-state index in [2.05, 4.69) is 16.8 Å². The second-order valence-corrected chi connectivity index (χ2v) is 5.37. The Bertz CT molecular complexity index is 459. The van der Waals surface area contributed by atoms with Crippen molar-refractivity contribution in [3.63, 3.8) is 0 Å². The Hall–Kier alpha value is -1.36. The van der Waals surface area contributed by atoms with E-state index in [-0.39, 0.29) is 10.8 Å². The van der Waals surface area contributed by atoms with Crippen LogP contribution in [0.25, 0.3) is 0 Å². The van der Waals surface area contributed by atoms with Crippen LogP contribution in [0.5, 0.6) is 0 Å². The predicted octanol–water partition coefficient (Wildman–Crippen LogP) is 3.66. The van der Waals surface area contributed by atoms with Gasteiger partial charge >= 0.3 is 0 Å². The summed E-state index contributed by atoms with van der Waals surface area (Å²) in [4.78, 5) is 16.7. The highest BCUT2D eigenvalue weighted by atomic mass is 35.5. The summed E-state index contributed by atoms with van der Waals surface area (Å²) in [6.07, 6.45) is 4.72. The van der Waals surface area contributed by atoms with Crippen molar-refractivity contribution in [2.45, 2.75) is 32.6 Å². The van der Waals surface area contributed by atoms with Crippen LogP contribution in [0.1, 0.15) is 32.6 Å². The zero-order valence-corrected chi connectivity index (χ0v) is 11.8. The van der Waals surface area contributed by atoms with Crippen molar-refractivity contribution in [2.24, 2.45) is 5.92 Å². The van der Waals surface area contributed by atoms with Crippen LogP contribution in [-0.2, 0) is 0 Å². The second kappa shape index (κ2) is 6.19. The summed E-state index contributed by atoms with van der Waals surface area (Å²) in [5, 5.41) is 11.0. The maximum absolute atomic E-state index is 10.8. The Morgan fingerprint density at radius 2 is 2.16 bits per heavy atom. The van der Waals surface area contributed by atoms with Crippen LogP contribution in [0.3, 0.4) is 0 Å². The normalized spacial score (nSPS) is 16.6. The van der Waals surface area contributed by atoms with Gasteiger partial charge in [-0.3, -0.25) is 10.1 Å². The molecule has 0 atom stereocenters. The highest BCUT2D eigenvalue weighted by Gasteiger charge is 2.21. The Labute approximate surface area is 117 Å². The summed E-state index contributed by atoms with van der Waals surface area (Å²) in [5.41, 5.74) is 0.00526. The number of rotatable bonds is 4. The number of nitrogens with zero attached hydrogens (tertiary/aromatic N) is 3. The number of piperidine rings is 1. The molecule has 1 aliphatic rings. The number of hydrogen-bond acceptors (Lipinski definition) is 4. The van der Waals surface area contributed by atoms with Crippen LogP contribution in [0, 0.1) is 16.0 Å². The third-order valence-corrected chi connectivity index (χ3v) is 3.81. The van der Waals surface area contributed by atoms with Gasteiger partial charge in [0.25, 0.3) is 5.69 Å². The number of hydrogen-bond donors (Lipinski definition) is 0. The Morgan fingerprint density at radius 1 is 1.47 bits per heavy atom. The van der Waals surface area contributed by atoms with Gasteiger partial charge in [-0.05, 0) is 18.8 Å². The topological polar surface area (TPSA) is 59.3 Å². The molecule has 5 nitrogen and oxygen atoms in total. The monoisotopic (exact) mass is 283 g/mol. The van der Waals surface area contributed by atoms with Crippen molar-refractivity contribution in [1.82, 2.24) is 4.98 Å². The minimum atomic E-state index is -0.430. The molecule has 1 aliphatic heterocycles. The smallest absolute Gasteiger partial charge is 0.276 e. The van der Waals surface area contributed by atoms with Gasteiger partial charge in [0.1, 0.15) is 11.0 Å². The molecular formula is C13H18ClN3O2. The lowest BCUT2D eigenvalue weighted by Crippen LogP contribution is -2.34. The van der Waals surface area contributed by atoms with Crippen LogP contribution >= 0.6 is 11.6 Å². The van der Waals surface area contributed by atoms with Gasteiger partial charge < -0.3 is 4.90 Å². The average Bonchev–Trinajstić information content (AvgIpc) is 2.39. The lowest BCUT2D eigenvalue weighted by molar-refractivity contribution is -0.384. The van der Waals surface area contributed by atoms with Crippen LogP contribution in [0.4, 0.5) is 11.5 Å². The van der Waals surface area contributed by atoms with Crippen molar-refractivity contribution in [1.29, 1.82) is 0 Å². The molecule has 0 unspecified atom stereocenters. The first-order valence-corrected chi connectivity index (χ1v) is 7.05. The average molecular weight is 284 g/mol. The van der Waals surface area contributed by atoms with E-state index in [9.17, 15) is 10.1 Å². The highest BCUT2D eigenvalue weighted by Crippen LogP contribution is 2.28. The fraction of sp³-hybridized carbons (Fsp3) is 0.615. The van der Waals surface area contributed by atoms with Gasteiger partial charge in [0.05, 0.1) is 17.1 Å². The molecule has 0 spiro atoms. The van der Waals surface area contributed by atoms with Gasteiger partial charge in [0, 0.05) is 13.1 Å². The minimum absolute atomic E-state index is 0.00526. The van der Waals surface area contributed by atoms with E-state index in [0.717, 1.165) is 31.8 Å². The Morgan fingerprint density at radius 3 is 2.74 bits per heavy atom. The zero-order valence-electron chi connectivity index (χ0n) is 11.0. The predicted molar refractivity (Wildman–Crippen MR) is 75.7 cm³/mol. The van der Waals surface area contributed by atoms with Gasteiger partial charge in [0.2, 0.25) is 0 Å². The van der Waals surface area contributed by atoms with Gasteiger partial charge in [0.15, 0.2) is 0 Å². The van der Waals surface area contributed by atoms with Crippen LogP contribution in [0.15, 0.2) is 12.1 Å². The molecule has 0 saturated carbocycles. The molecule has 2 heterocycles. The maximum Gasteiger partial charge on any atom is 0.276 e. The fourth-order valence-electron chi connectivity index (χ4n) is 2.60. The van der Waals surface area contributed by atoms with E-state index in [1.54, 1.807) is 0 Å². The molecule has 2 rings (SSSR count). The second-order valence-electron chi connectivity index (χ2n) is 4.98. The van der Waals surface area contributed by atoms with Crippen LogP contribution < -0.4 is 4.90 Å². The molecule has 0 aliphatic carbocycles. The molecule has 0 aromatic carbocycles. The number of pyridine rings is 1. The SMILES string of the molecule is CCCC1CCN(c2cc([N+](=O)[O-])cc(Cl)n2)CC1. The van der Waals surface area contributed by atoms with Gasteiger partial charge in [-0.2, -0.15) is 0 Å². The third kappa shape index (κ3) is 3.56. The minimum Gasteiger partial charge on any atom is -0.356 e. The quantitative estimate of drug-likeness (QED) is 0.481. The van der Waals surface area contributed by atoms with E-state index in [0.29, 0.717) is 5.82 Å². The van der Waals surface area contributed by atoms with Crippen molar-refractivity contribution in [2.75, 3.05) is 18.0 Å². The van der Waals surface area contributed by atoms with Gasteiger partial charge in [-0.1, -0.05) is 31.4 Å². The summed E-state index contributed by atoms with van der Waals surface area (Å²) in [6, 6.07) is 2.79. The van der Waals surface area contributed by atoms with E-state index in [1.807, 2.05) is 0 Å². The third-order valence-electron chi connectivity index (χ3n) is 3.61. The van der Waals surface area contributed by atoms with E-state index < -0.39 is 4.92 Å². The molecule has 0 N–H and O–H groups in total. The summed E-state index contributed by atoms with van der Waals surface area (Å²) in [6.45, 7) is 4.00. The van der Waals surface area contributed by atoms with Gasteiger partial charge in [-0.15, -0.1) is 0 Å². The molecule has 6 heteroatoms. The number of aromatic nitrogens is 1. The van der Waals surface area contributed by atoms with Gasteiger partial charge in [-0.25, -0.2) is 4.98 Å². The van der Waals surface area contributed by atoms with E-state index in [1.165, 1.54) is 25.0 Å². The summed E-state index contributed by atoms with van der Waals surface area (Å²) in [7, 11) is 0. The fourth-order valence-corrected chi connectivity index (χ4v) is 2.79. The molecule has 0 amide bonds. The Kier molecular flexibility index (Phi) is 4.58. The van der Waals surface area contributed by atoms with Crippen molar-refractivity contribution in [3.05, 3.63) is 27.4 Å². The van der Waals surface area contributed by atoms with Crippen LogP contribution in [0.2, 0.25) is 5.15 Å². The molecular weight excluding hydrogens is 266 g/mol. The zero-order chi connectivity index (χ0) is 13.8. The molecule has 104 valence electrons. The number of nitro groups is 1. The van der Waals surface area contributed by atoms with Crippen molar-refractivity contribution in [3.8, 4) is 0 Å². The summed E-state index contributed by atoms with van der Waals surface area (Å²) in [5.74, 6) is 1.39. The first-order chi connectivity index (χ1) is 9.10. The van der Waals surface area contributed by atoms with E-state index in [4.69, 9.17) is 11.6 Å². The lowest BCUT2D eigenvalue weighted by Gasteiger charge is -2.32. The molecule has 19 heavy (non-hydrogen) atoms. The molecule has 1 saturated heterocycles. The maximum atomic E-state index is 10.8. The van der Waals surface area contributed by atoms with Crippen molar-refractivity contribution >= 4 is 23.1 Å². The molecule has 0 radical (unpaired) electrons. The first-order valence-electron chi connectivity index (χ1n) is 6.67. The molecule has 1 aromatic heterocycles. The number of anilines is 1. The summed E-state index contributed by atoms with van der Waals surface area (Å²) >= 11 is 5.85. The largest absolute Gasteiger partial charge is 0.356 e. The standard InChI is InChI=1S/C13H18ClN3O2/c1-2-3-10-4-6-16(7-5-10)13-9-11(17(18)19)8-12(14)15-13/h8-10H,2-7H2,1H3. The highest BCUT2D eigenvalue weighted by molar-refractivity contribution is 6.29. The van der Waals surface area contributed by atoms with Crippen molar-refractivity contribution < 1.29 is 4.92 Å². The van der Waals surface area contributed by atoms with Crippen LogP contribution in [-0.4, -0.2) is 23.0 Å². The molecule has 1 aromatic rings. The number of halogens is 1. The first kappa shape index (κ1) is 14.1. The molecule has 1 fully saturated rings. The summed E-state index contributed by atoms with van der Waals surface area (Å²) < 4.78 is 0. The molecule has 0 bridgehead atoms.